The zero-order valence-electron chi connectivity index (χ0n) is 12.3. The number of fused-ring (bicyclic) bond motifs is 1. The Morgan fingerprint density at radius 1 is 1.30 bits per heavy atom. The molecule has 2 aromatic rings. The summed E-state index contributed by atoms with van der Waals surface area (Å²) in [5.41, 5.74) is 0.549. The predicted molar refractivity (Wildman–Crippen MR) is 81.5 cm³/mol. The van der Waals surface area contributed by atoms with Crippen LogP contribution in [0.5, 0.6) is 0 Å². The third-order valence-electron chi connectivity index (χ3n) is 3.64. The lowest BCUT2D eigenvalue weighted by atomic mass is 10.3. The van der Waals surface area contributed by atoms with Crippen LogP contribution in [0.1, 0.15) is 0 Å². The van der Waals surface area contributed by atoms with Crippen molar-refractivity contribution in [3.8, 4) is 0 Å². The van der Waals surface area contributed by atoms with Crippen molar-refractivity contribution in [3.63, 3.8) is 0 Å². The van der Waals surface area contributed by atoms with E-state index in [1.54, 1.807) is 7.05 Å². The van der Waals surface area contributed by atoms with Gasteiger partial charge in [0.2, 0.25) is 15.9 Å². The molecule has 1 aromatic carbocycles. The van der Waals surface area contributed by atoms with Gasteiger partial charge in [-0.05, 0) is 18.2 Å². The van der Waals surface area contributed by atoms with Gasteiger partial charge in [-0.2, -0.15) is 0 Å². The van der Waals surface area contributed by atoms with Gasteiger partial charge >= 0.3 is 5.69 Å². The molecule has 0 saturated carbocycles. The maximum atomic E-state index is 12.3. The van der Waals surface area contributed by atoms with Crippen LogP contribution in [0.3, 0.4) is 0 Å². The standard InChI is InChI=1S/C13H16N4O5S/c1-17-6-8(22-7-12(17)18)5-14-23(20,21)9-2-3-10-11(4-9)16-13(19)15-10/h2-4,8,14H,5-7H2,1H3,(H2,15,16,19). The Hall–Kier alpha value is -2.17. The minimum absolute atomic E-state index is 0.0421. The van der Waals surface area contributed by atoms with E-state index in [4.69, 9.17) is 4.74 Å². The van der Waals surface area contributed by atoms with Gasteiger partial charge in [0.05, 0.1) is 22.0 Å². The van der Waals surface area contributed by atoms with Crippen molar-refractivity contribution in [2.45, 2.75) is 11.0 Å². The van der Waals surface area contributed by atoms with E-state index in [0.717, 1.165) is 0 Å². The third kappa shape index (κ3) is 3.28. The molecule has 1 aliphatic rings. The topological polar surface area (TPSA) is 124 Å². The molecule has 10 heteroatoms. The average molecular weight is 340 g/mol. The Balaban J connectivity index is 1.72. The number of hydrogen-bond acceptors (Lipinski definition) is 5. The molecule has 0 bridgehead atoms. The molecule has 1 aromatic heterocycles. The van der Waals surface area contributed by atoms with E-state index in [0.29, 0.717) is 17.6 Å². The highest BCUT2D eigenvalue weighted by molar-refractivity contribution is 7.89. The molecule has 0 spiro atoms. The SMILES string of the molecule is CN1CC(CNS(=O)(=O)c2ccc3[nH]c(=O)[nH]c3c2)OCC1=O. The number of nitrogens with zero attached hydrogens (tertiary/aromatic N) is 1. The molecule has 0 radical (unpaired) electrons. The zero-order chi connectivity index (χ0) is 16.6. The molecular formula is C13H16N4O5S. The lowest BCUT2D eigenvalue weighted by Gasteiger charge is -2.29. The monoisotopic (exact) mass is 340 g/mol. The van der Waals surface area contributed by atoms with Gasteiger partial charge in [0.15, 0.2) is 0 Å². The van der Waals surface area contributed by atoms with Crippen LogP contribution in [0, 0.1) is 0 Å². The smallest absolute Gasteiger partial charge is 0.323 e. The number of sulfonamides is 1. The Kier molecular flexibility index (Phi) is 3.96. The summed E-state index contributed by atoms with van der Waals surface area (Å²) >= 11 is 0. The van der Waals surface area contributed by atoms with Gasteiger partial charge in [0.1, 0.15) is 6.61 Å². The highest BCUT2D eigenvalue weighted by Gasteiger charge is 2.25. The number of imidazole rings is 1. The fourth-order valence-corrected chi connectivity index (χ4v) is 3.44. The number of amides is 1. The number of rotatable bonds is 4. The third-order valence-corrected chi connectivity index (χ3v) is 5.07. The van der Waals surface area contributed by atoms with Crippen molar-refractivity contribution in [1.82, 2.24) is 19.6 Å². The van der Waals surface area contributed by atoms with E-state index in [9.17, 15) is 18.0 Å². The first-order valence-corrected chi connectivity index (χ1v) is 8.41. The summed E-state index contributed by atoms with van der Waals surface area (Å²) in [6.45, 7) is 0.326. The number of H-pyrrole nitrogens is 2. The van der Waals surface area contributed by atoms with Gasteiger partial charge in [0, 0.05) is 20.1 Å². The molecule has 1 unspecified atom stereocenters. The Morgan fingerprint density at radius 2 is 2.04 bits per heavy atom. The lowest BCUT2D eigenvalue weighted by molar-refractivity contribution is -0.146. The quantitative estimate of drug-likeness (QED) is 0.658. The summed E-state index contributed by atoms with van der Waals surface area (Å²) in [6.07, 6.45) is -0.400. The van der Waals surface area contributed by atoms with Crippen LogP contribution < -0.4 is 10.4 Å². The summed E-state index contributed by atoms with van der Waals surface area (Å²) in [7, 11) is -2.10. The Bertz CT molecular complexity index is 900. The van der Waals surface area contributed by atoms with Gasteiger partial charge in [-0.15, -0.1) is 0 Å². The number of benzene rings is 1. The van der Waals surface area contributed by atoms with Gasteiger partial charge < -0.3 is 19.6 Å². The predicted octanol–water partition coefficient (Wildman–Crippen LogP) is -1.01. The maximum Gasteiger partial charge on any atom is 0.323 e. The molecule has 9 nitrogen and oxygen atoms in total. The molecule has 1 fully saturated rings. The van der Waals surface area contributed by atoms with Crippen molar-refractivity contribution in [2.75, 3.05) is 26.7 Å². The number of carbonyl (C=O) groups is 1. The molecule has 124 valence electrons. The molecule has 1 amide bonds. The molecule has 3 rings (SSSR count). The Labute approximate surface area is 131 Å². The fraction of sp³-hybridized carbons (Fsp3) is 0.385. The zero-order valence-corrected chi connectivity index (χ0v) is 13.1. The number of nitrogens with one attached hydrogen (secondary N) is 3. The van der Waals surface area contributed by atoms with Crippen LogP contribution in [0.15, 0.2) is 27.9 Å². The number of carbonyl (C=O) groups excluding carboxylic acids is 1. The molecule has 1 atom stereocenters. The second-order valence-corrected chi connectivity index (χ2v) is 7.11. The largest absolute Gasteiger partial charge is 0.365 e. The summed E-state index contributed by atoms with van der Waals surface area (Å²) < 4.78 is 32.4. The molecule has 1 saturated heterocycles. The Morgan fingerprint density at radius 3 is 2.78 bits per heavy atom. The lowest BCUT2D eigenvalue weighted by Crippen LogP contribution is -2.48. The second kappa shape index (κ2) is 5.80. The van der Waals surface area contributed by atoms with Crippen LogP contribution in [-0.4, -0.2) is 62.0 Å². The van der Waals surface area contributed by atoms with Gasteiger partial charge in [0.25, 0.3) is 0 Å². The summed E-state index contributed by atoms with van der Waals surface area (Å²) in [5.74, 6) is -0.133. The molecule has 2 heterocycles. The van der Waals surface area contributed by atoms with Crippen LogP contribution >= 0.6 is 0 Å². The first-order chi connectivity index (χ1) is 10.8. The summed E-state index contributed by atoms with van der Waals surface area (Å²) in [5, 5.41) is 0. The number of aromatic amines is 2. The van der Waals surface area contributed by atoms with E-state index in [1.165, 1.54) is 23.1 Å². The fourth-order valence-electron chi connectivity index (χ4n) is 2.35. The van der Waals surface area contributed by atoms with Crippen molar-refractivity contribution in [1.29, 1.82) is 0 Å². The molecule has 0 aliphatic carbocycles. The highest BCUT2D eigenvalue weighted by atomic mass is 32.2. The van der Waals surface area contributed by atoms with Crippen molar-refractivity contribution in [3.05, 3.63) is 28.7 Å². The first-order valence-electron chi connectivity index (χ1n) is 6.92. The number of aromatic nitrogens is 2. The van der Waals surface area contributed by atoms with E-state index in [2.05, 4.69) is 14.7 Å². The van der Waals surface area contributed by atoms with E-state index < -0.39 is 21.8 Å². The number of likely N-dealkylation sites (N-methyl/N-ethyl adjacent to an activating group) is 1. The van der Waals surface area contributed by atoms with E-state index >= 15 is 0 Å². The highest BCUT2D eigenvalue weighted by Crippen LogP contribution is 2.15. The average Bonchev–Trinajstić information content (AvgIpc) is 2.87. The second-order valence-electron chi connectivity index (χ2n) is 5.35. The molecule has 3 N–H and O–H groups in total. The first kappa shape index (κ1) is 15.7. The van der Waals surface area contributed by atoms with Crippen LogP contribution in [0.2, 0.25) is 0 Å². The molecular weight excluding hydrogens is 324 g/mol. The number of morpholine rings is 1. The van der Waals surface area contributed by atoms with Crippen LogP contribution in [-0.2, 0) is 19.6 Å². The van der Waals surface area contributed by atoms with Crippen molar-refractivity contribution >= 4 is 27.0 Å². The van der Waals surface area contributed by atoms with Crippen LogP contribution in [0.4, 0.5) is 0 Å². The minimum Gasteiger partial charge on any atom is -0.365 e. The molecule has 23 heavy (non-hydrogen) atoms. The van der Waals surface area contributed by atoms with Crippen LogP contribution in [0.25, 0.3) is 11.0 Å². The van der Waals surface area contributed by atoms with Gasteiger partial charge in [-0.25, -0.2) is 17.9 Å². The number of ether oxygens (including phenoxy) is 1. The minimum atomic E-state index is -3.74. The normalized spacial score (nSPS) is 19.4. The summed E-state index contributed by atoms with van der Waals surface area (Å²) in [6, 6.07) is 4.31. The maximum absolute atomic E-state index is 12.3. The summed E-state index contributed by atoms with van der Waals surface area (Å²) in [4.78, 5) is 29.1. The van der Waals surface area contributed by atoms with E-state index in [-0.39, 0.29) is 24.0 Å². The van der Waals surface area contributed by atoms with Gasteiger partial charge in [-0.3, -0.25) is 4.79 Å². The molecule has 1 aliphatic heterocycles. The van der Waals surface area contributed by atoms with Gasteiger partial charge in [-0.1, -0.05) is 0 Å². The van der Waals surface area contributed by atoms with Crippen molar-refractivity contribution in [2.24, 2.45) is 0 Å². The number of hydrogen-bond donors (Lipinski definition) is 3. The van der Waals surface area contributed by atoms with Crippen molar-refractivity contribution < 1.29 is 17.9 Å². The van der Waals surface area contributed by atoms with E-state index in [1.807, 2.05) is 0 Å².